The Morgan fingerprint density at radius 1 is 1.02 bits per heavy atom. The van der Waals surface area contributed by atoms with Crippen LogP contribution in [0.25, 0.3) is 33.7 Å². The topological polar surface area (TPSA) is 149 Å². The van der Waals surface area contributed by atoms with E-state index >= 15 is 4.39 Å². The molecule has 0 amide bonds. The van der Waals surface area contributed by atoms with Crippen molar-refractivity contribution in [1.82, 2.24) is 24.9 Å². The van der Waals surface area contributed by atoms with Gasteiger partial charge in [0.25, 0.3) is 10.0 Å². The molecule has 3 aromatic heterocycles. The van der Waals surface area contributed by atoms with Crippen LogP contribution in [0.15, 0.2) is 59.6 Å². The minimum Gasteiger partial charge on any atom is -0.377 e. The van der Waals surface area contributed by atoms with E-state index < -0.39 is 15.8 Å². The molecular formula is C31H31FN8O3S. The average Bonchev–Trinajstić information content (AvgIpc) is 2.99. The first kappa shape index (κ1) is 29.3. The molecule has 6 rings (SSSR count). The van der Waals surface area contributed by atoms with Crippen molar-refractivity contribution in [2.75, 3.05) is 35.1 Å². The van der Waals surface area contributed by atoms with Crippen molar-refractivity contribution < 1.29 is 17.5 Å². The zero-order valence-electron chi connectivity index (χ0n) is 24.7. The summed E-state index contributed by atoms with van der Waals surface area (Å²) in [5.74, 6) is 0.376. The number of pyridine rings is 1. The fraction of sp³-hybridized carbons (Fsp3) is 0.258. The molecule has 44 heavy (non-hydrogen) atoms. The highest BCUT2D eigenvalue weighted by Crippen LogP contribution is 2.34. The van der Waals surface area contributed by atoms with Crippen molar-refractivity contribution >= 4 is 38.5 Å². The summed E-state index contributed by atoms with van der Waals surface area (Å²) in [6, 6.07) is 13.0. The molecular weight excluding hydrogens is 583 g/mol. The first-order valence-corrected chi connectivity index (χ1v) is 15.5. The Balaban J connectivity index is 1.46. The Bertz CT molecular complexity index is 2020. The molecule has 0 saturated carbocycles. The molecule has 13 heteroatoms. The van der Waals surface area contributed by atoms with Crippen molar-refractivity contribution in [2.45, 2.75) is 38.6 Å². The highest BCUT2D eigenvalue weighted by atomic mass is 32.2. The van der Waals surface area contributed by atoms with Gasteiger partial charge in [0.2, 0.25) is 5.95 Å². The highest BCUT2D eigenvalue weighted by Gasteiger charge is 2.26. The molecule has 5 aromatic rings. The van der Waals surface area contributed by atoms with Gasteiger partial charge in [0, 0.05) is 18.3 Å². The molecule has 0 bridgehead atoms. The Kier molecular flexibility index (Phi) is 7.59. The molecule has 0 aliphatic carbocycles. The van der Waals surface area contributed by atoms with Crippen LogP contribution < -0.4 is 15.4 Å². The molecule has 4 heterocycles. The second-order valence-electron chi connectivity index (χ2n) is 10.8. The SMILES string of the molecule is Cc1ccc(C)c(S(=O)(=O)Nc2cccc(-c3ccc4nc(-c5cnc(N)nc5C)nc(N5CCOC[C@@H]5C)c4n3)c2F)c1. The van der Waals surface area contributed by atoms with Crippen LogP contribution in [0.1, 0.15) is 23.7 Å². The number of fused-ring (bicyclic) bond motifs is 1. The number of hydrogen-bond donors (Lipinski definition) is 2. The number of morpholine rings is 1. The van der Waals surface area contributed by atoms with E-state index in [2.05, 4.69) is 19.6 Å². The van der Waals surface area contributed by atoms with Crippen molar-refractivity contribution in [2.24, 2.45) is 0 Å². The Labute approximate surface area is 254 Å². The predicted molar refractivity (Wildman–Crippen MR) is 167 cm³/mol. The maximum atomic E-state index is 16.0. The Hall–Kier alpha value is -4.75. The molecule has 0 unspecified atom stereocenters. The van der Waals surface area contributed by atoms with E-state index in [0.29, 0.717) is 64.9 Å². The van der Waals surface area contributed by atoms with Crippen molar-refractivity contribution in [3.8, 4) is 22.6 Å². The molecule has 11 nitrogen and oxygen atoms in total. The van der Waals surface area contributed by atoms with Gasteiger partial charge in [-0.2, -0.15) is 0 Å². The van der Waals surface area contributed by atoms with Gasteiger partial charge in [-0.15, -0.1) is 0 Å². The van der Waals surface area contributed by atoms with Crippen LogP contribution in [-0.2, 0) is 14.8 Å². The van der Waals surface area contributed by atoms with E-state index in [1.807, 2.05) is 19.9 Å². The summed E-state index contributed by atoms with van der Waals surface area (Å²) < 4.78 is 50.6. The lowest BCUT2D eigenvalue weighted by Crippen LogP contribution is -2.44. The van der Waals surface area contributed by atoms with E-state index in [0.717, 1.165) is 5.56 Å². The summed E-state index contributed by atoms with van der Waals surface area (Å²) in [6.45, 7) is 8.91. The van der Waals surface area contributed by atoms with E-state index in [-0.39, 0.29) is 28.1 Å². The summed E-state index contributed by atoms with van der Waals surface area (Å²) in [6.07, 6.45) is 1.59. The minimum absolute atomic E-state index is 0.0107. The molecule has 2 aromatic carbocycles. The lowest BCUT2D eigenvalue weighted by molar-refractivity contribution is 0.0987. The second kappa shape index (κ2) is 11.4. The number of nitrogen functional groups attached to an aromatic ring is 1. The van der Waals surface area contributed by atoms with Crippen molar-refractivity contribution in [3.63, 3.8) is 0 Å². The summed E-state index contributed by atoms with van der Waals surface area (Å²) >= 11 is 0. The number of nitrogens with one attached hydrogen (secondary N) is 1. The molecule has 1 aliphatic rings. The molecule has 1 atom stereocenters. The number of anilines is 3. The van der Waals surface area contributed by atoms with Gasteiger partial charge in [-0.3, -0.25) is 4.72 Å². The molecule has 3 N–H and O–H groups in total. The number of halogens is 1. The summed E-state index contributed by atoms with van der Waals surface area (Å²) in [5.41, 5.74) is 9.61. The standard InChI is InChI=1S/C31H31FN8O3S/c1-17-8-9-18(2)26(14-17)44(41,42)39-24-7-5-6-21(27(24)32)23-10-11-25-28(36-23)30(40-12-13-43-16-19(40)3)38-29(37-25)22-15-34-31(33)35-20(22)4/h5-11,14-15,19,39H,12-13,16H2,1-4H3,(H2,33,34,35)/t19-/m0/s1. The first-order valence-electron chi connectivity index (χ1n) is 14.0. The van der Waals surface area contributed by atoms with Gasteiger partial charge in [-0.05, 0) is 69.2 Å². The summed E-state index contributed by atoms with van der Waals surface area (Å²) in [4.78, 5) is 25.0. The van der Waals surface area contributed by atoms with Gasteiger partial charge in [0.05, 0.1) is 52.3 Å². The maximum absolute atomic E-state index is 16.0. The quantitative estimate of drug-likeness (QED) is 0.273. The van der Waals surface area contributed by atoms with Gasteiger partial charge in [0.1, 0.15) is 5.52 Å². The summed E-state index contributed by atoms with van der Waals surface area (Å²) in [7, 11) is -4.05. The smallest absolute Gasteiger partial charge is 0.262 e. The minimum atomic E-state index is -4.05. The largest absolute Gasteiger partial charge is 0.377 e. The normalized spacial score (nSPS) is 15.5. The van der Waals surface area contributed by atoms with Gasteiger partial charge in [0.15, 0.2) is 17.5 Å². The van der Waals surface area contributed by atoms with Crippen molar-refractivity contribution in [3.05, 3.63) is 77.4 Å². The molecule has 1 saturated heterocycles. The number of ether oxygens (including phenoxy) is 1. The van der Waals surface area contributed by atoms with Crippen LogP contribution in [0, 0.1) is 26.6 Å². The molecule has 1 fully saturated rings. The first-order chi connectivity index (χ1) is 21.0. The Morgan fingerprint density at radius 2 is 1.84 bits per heavy atom. The third-order valence-electron chi connectivity index (χ3n) is 7.55. The average molecular weight is 615 g/mol. The molecule has 0 radical (unpaired) electrons. The lowest BCUT2D eigenvalue weighted by atomic mass is 10.1. The van der Waals surface area contributed by atoms with E-state index in [1.54, 1.807) is 56.4 Å². The van der Waals surface area contributed by atoms with E-state index in [4.69, 9.17) is 25.4 Å². The van der Waals surface area contributed by atoms with E-state index in [1.165, 1.54) is 6.07 Å². The maximum Gasteiger partial charge on any atom is 0.262 e. The number of benzene rings is 2. The van der Waals surface area contributed by atoms with E-state index in [9.17, 15) is 8.42 Å². The number of hydrogen-bond acceptors (Lipinski definition) is 10. The van der Waals surface area contributed by atoms with Crippen LogP contribution in [0.4, 0.5) is 21.8 Å². The molecule has 226 valence electrons. The van der Waals surface area contributed by atoms with Crippen LogP contribution in [0.3, 0.4) is 0 Å². The van der Waals surface area contributed by atoms with Crippen molar-refractivity contribution in [1.29, 1.82) is 0 Å². The summed E-state index contributed by atoms with van der Waals surface area (Å²) in [5, 5.41) is 0. The fourth-order valence-electron chi connectivity index (χ4n) is 5.22. The van der Waals surface area contributed by atoms with Gasteiger partial charge >= 0.3 is 0 Å². The highest BCUT2D eigenvalue weighted by molar-refractivity contribution is 7.92. The van der Waals surface area contributed by atoms with Crippen LogP contribution in [0.2, 0.25) is 0 Å². The number of aromatic nitrogens is 5. The van der Waals surface area contributed by atoms with Gasteiger partial charge in [-0.25, -0.2) is 37.7 Å². The fourth-order valence-corrected chi connectivity index (χ4v) is 6.61. The third-order valence-corrected chi connectivity index (χ3v) is 9.06. The number of nitrogens with zero attached hydrogens (tertiary/aromatic N) is 6. The number of sulfonamides is 1. The monoisotopic (exact) mass is 614 g/mol. The Morgan fingerprint density at radius 3 is 2.61 bits per heavy atom. The number of rotatable bonds is 6. The molecule has 1 aliphatic heterocycles. The van der Waals surface area contributed by atoms with Gasteiger partial charge < -0.3 is 15.4 Å². The number of aryl methyl sites for hydroxylation is 3. The van der Waals surface area contributed by atoms with Gasteiger partial charge in [-0.1, -0.05) is 18.2 Å². The van der Waals surface area contributed by atoms with Crippen LogP contribution in [0.5, 0.6) is 0 Å². The van der Waals surface area contributed by atoms with Crippen LogP contribution in [-0.4, -0.2) is 59.1 Å². The predicted octanol–water partition coefficient (Wildman–Crippen LogP) is 4.82. The lowest BCUT2D eigenvalue weighted by Gasteiger charge is -2.34. The van der Waals surface area contributed by atoms with Crippen LogP contribution >= 0.6 is 0 Å². The second-order valence-corrected chi connectivity index (χ2v) is 12.5. The zero-order chi connectivity index (χ0) is 31.2. The third kappa shape index (κ3) is 5.51. The number of nitrogens with two attached hydrogens (primary N) is 1. The zero-order valence-corrected chi connectivity index (χ0v) is 25.5. The molecule has 0 spiro atoms.